The van der Waals surface area contributed by atoms with Crippen LogP contribution in [0, 0.1) is 0 Å². The van der Waals surface area contributed by atoms with Gasteiger partial charge >= 0.3 is 5.97 Å². The summed E-state index contributed by atoms with van der Waals surface area (Å²) >= 11 is 0. The molecule has 80 valence electrons. The van der Waals surface area contributed by atoms with Crippen LogP contribution in [0.15, 0.2) is 0 Å². The number of carbonyl (C=O) groups is 1. The van der Waals surface area contributed by atoms with Gasteiger partial charge in [-0.15, -0.1) is 0 Å². The Morgan fingerprint density at radius 2 is 2.14 bits per heavy atom. The minimum absolute atomic E-state index is 0.0658. The molecule has 2 N–H and O–H groups in total. The van der Waals surface area contributed by atoms with Gasteiger partial charge in [-0.2, -0.15) is 0 Å². The van der Waals surface area contributed by atoms with Crippen molar-refractivity contribution >= 4 is 5.97 Å². The Morgan fingerprint density at radius 3 is 2.79 bits per heavy atom. The van der Waals surface area contributed by atoms with Gasteiger partial charge in [-0.05, 0) is 19.9 Å². The van der Waals surface area contributed by atoms with Crippen LogP contribution in [0.5, 0.6) is 0 Å². The first-order valence-electron chi connectivity index (χ1n) is 5.22. The van der Waals surface area contributed by atoms with E-state index in [9.17, 15) is 4.79 Å². The number of nitrogens with zero attached hydrogens (tertiary/aromatic N) is 1. The zero-order valence-electron chi connectivity index (χ0n) is 8.77. The molecule has 0 amide bonds. The van der Waals surface area contributed by atoms with Gasteiger partial charge in [0.25, 0.3) is 0 Å². The van der Waals surface area contributed by atoms with Gasteiger partial charge in [0, 0.05) is 31.5 Å². The molecule has 0 aromatic rings. The molecule has 4 atom stereocenters. The highest BCUT2D eigenvalue weighted by atomic mass is 16.5. The van der Waals surface area contributed by atoms with Crippen molar-refractivity contribution in [2.45, 2.75) is 50.4 Å². The first-order valence-corrected chi connectivity index (χ1v) is 5.22. The molecule has 2 rings (SSSR count). The Kier molecular flexibility index (Phi) is 2.49. The molecule has 0 spiro atoms. The monoisotopic (exact) mass is 198 g/mol. The van der Waals surface area contributed by atoms with Crippen LogP contribution in [0.4, 0.5) is 0 Å². The van der Waals surface area contributed by atoms with Crippen molar-refractivity contribution in [3.8, 4) is 0 Å². The molecule has 2 fully saturated rings. The molecule has 0 aromatic carbocycles. The maximum absolute atomic E-state index is 10.9. The van der Waals surface area contributed by atoms with E-state index in [4.69, 9.17) is 10.5 Å². The summed E-state index contributed by atoms with van der Waals surface area (Å²) in [5.74, 6) is -0.176. The van der Waals surface area contributed by atoms with E-state index in [-0.39, 0.29) is 18.1 Å². The van der Waals surface area contributed by atoms with E-state index in [1.807, 2.05) is 0 Å². The molecular weight excluding hydrogens is 180 g/mol. The van der Waals surface area contributed by atoms with Crippen LogP contribution >= 0.6 is 0 Å². The second-order valence-electron chi connectivity index (χ2n) is 4.50. The highest BCUT2D eigenvalue weighted by Gasteiger charge is 2.45. The van der Waals surface area contributed by atoms with Crippen LogP contribution in [0.3, 0.4) is 0 Å². The van der Waals surface area contributed by atoms with Crippen LogP contribution < -0.4 is 5.73 Å². The molecule has 2 aliphatic rings. The summed E-state index contributed by atoms with van der Waals surface area (Å²) < 4.78 is 5.31. The van der Waals surface area contributed by atoms with Crippen molar-refractivity contribution in [1.29, 1.82) is 0 Å². The van der Waals surface area contributed by atoms with Gasteiger partial charge in [-0.1, -0.05) is 0 Å². The highest BCUT2D eigenvalue weighted by molar-refractivity contribution is 5.66. The number of hydrogen-bond donors (Lipinski definition) is 1. The first kappa shape index (κ1) is 9.93. The number of hydrogen-bond acceptors (Lipinski definition) is 4. The minimum atomic E-state index is -0.176. The summed E-state index contributed by atoms with van der Waals surface area (Å²) in [6.45, 7) is 1.47. The van der Waals surface area contributed by atoms with Crippen LogP contribution in [0.2, 0.25) is 0 Å². The molecule has 0 saturated carbocycles. The third kappa shape index (κ3) is 1.64. The van der Waals surface area contributed by atoms with Crippen molar-refractivity contribution < 1.29 is 9.53 Å². The molecule has 0 aromatic heterocycles. The molecule has 14 heavy (non-hydrogen) atoms. The molecule has 2 aliphatic heterocycles. The predicted molar refractivity (Wildman–Crippen MR) is 52.7 cm³/mol. The number of esters is 1. The minimum Gasteiger partial charge on any atom is -0.461 e. The van der Waals surface area contributed by atoms with E-state index in [1.165, 1.54) is 6.92 Å². The lowest BCUT2D eigenvalue weighted by Gasteiger charge is -2.35. The Hall–Kier alpha value is -0.610. The summed E-state index contributed by atoms with van der Waals surface area (Å²) in [7, 11) is 2.10. The van der Waals surface area contributed by atoms with E-state index in [0.717, 1.165) is 19.3 Å². The fourth-order valence-electron chi connectivity index (χ4n) is 2.80. The third-order valence-electron chi connectivity index (χ3n) is 3.47. The SMILES string of the molecule is CC(=O)O[C@H]1C[C@@H]2C[C@@H](N)C[C@H]1N2C. The lowest BCUT2D eigenvalue weighted by atomic mass is 9.99. The summed E-state index contributed by atoms with van der Waals surface area (Å²) in [5, 5.41) is 0. The topological polar surface area (TPSA) is 55.6 Å². The molecule has 0 unspecified atom stereocenters. The van der Waals surface area contributed by atoms with Crippen molar-refractivity contribution in [1.82, 2.24) is 4.90 Å². The summed E-state index contributed by atoms with van der Waals surface area (Å²) in [6, 6.07) is 1.13. The normalized spacial score (nSPS) is 42.5. The molecule has 4 heteroatoms. The van der Waals surface area contributed by atoms with E-state index in [0.29, 0.717) is 12.1 Å². The van der Waals surface area contributed by atoms with Gasteiger partial charge in [-0.25, -0.2) is 0 Å². The zero-order valence-corrected chi connectivity index (χ0v) is 8.77. The molecular formula is C10H18N2O2. The van der Waals surface area contributed by atoms with Crippen molar-refractivity contribution in [2.24, 2.45) is 5.73 Å². The molecule has 2 saturated heterocycles. The van der Waals surface area contributed by atoms with Gasteiger partial charge in [-0.3, -0.25) is 9.69 Å². The number of nitrogens with two attached hydrogens (primary N) is 1. The standard InChI is InChI=1S/C10H18N2O2/c1-6(13)14-10-5-8-3-7(11)4-9(10)12(8)2/h7-10H,3-5,11H2,1-2H3/t7-,8+,9-,10+/m1/s1. The fraction of sp³-hybridized carbons (Fsp3) is 0.900. The second kappa shape index (κ2) is 3.51. The number of carbonyl (C=O) groups excluding carboxylic acids is 1. The summed E-state index contributed by atoms with van der Waals surface area (Å²) in [5.41, 5.74) is 5.94. The Morgan fingerprint density at radius 1 is 1.43 bits per heavy atom. The molecule has 4 nitrogen and oxygen atoms in total. The maximum atomic E-state index is 10.9. The Labute approximate surface area is 84.4 Å². The third-order valence-corrected chi connectivity index (χ3v) is 3.47. The molecule has 0 aliphatic carbocycles. The van der Waals surface area contributed by atoms with E-state index < -0.39 is 0 Å². The number of ether oxygens (including phenoxy) is 1. The average Bonchev–Trinajstić information content (AvgIpc) is 2.30. The maximum Gasteiger partial charge on any atom is 0.302 e. The number of rotatable bonds is 1. The van der Waals surface area contributed by atoms with Gasteiger partial charge in [0.2, 0.25) is 0 Å². The van der Waals surface area contributed by atoms with Gasteiger partial charge in [0.15, 0.2) is 0 Å². The van der Waals surface area contributed by atoms with Crippen LogP contribution in [0.1, 0.15) is 26.2 Å². The van der Waals surface area contributed by atoms with Crippen molar-refractivity contribution in [3.63, 3.8) is 0 Å². The van der Waals surface area contributed by atoms with Crippen LogP contribution in [-0.4, -0.2) is 42.1 Å². The van der Waals surface area contributed by atoms with E-state index >= 15 is 0 Å². The molecule has 0 radical (unpaired) electrons. The van der Waals surface area contributed by atoms with E-state index in [1.54, 1.807) is 0 Å². The number of likely N-dealkylation sites (N-methyl/N-ethyl adjacent to an activating group) is 1. The van der Waals surface area contributed by atoms with Crippen molar-refractivity contribution in [2.75, 3.05) is 7.05 Å². The zero-order chi connectivity index (χ0) is 10.3. The average molecular weight is 198 g/mol. The first-order chi connectivity index (χ1) is 6.58. The lowest BCUT2D eigenvalue weighted by molar-refractivity contribution is -0.147. The quantitative estimate of drug-likeness (QED) is 0.608. The summed E-state index contributed by atoms with van der Waals surface area (Å²) in [4.78, 5) is 13.2. The molecule has 2 heterocycles. The Balaban J connectivity index is 2.05. The predicted octanol–water partition coefficient (Wildman–Crippen LogP) is 0.112. The van der Waals surface area contributed by atoms with Crippen LogP contribution in [-0.2, 0) is 9.53 Å². The Bertz CT molecular complexity index is 244. The smallest absolute Gasteiger partial charge is 0.302 e. The fourth-order valence-corrected chi connectivity index (χ4v) is 2.80. The number of piperidine rings is 1. The van der Waals surface area contributed by atoms with Crippen molar-refractivity contribution in [3.05, 3.63) is 0 Å². The van der Waals surface area contributed by atoms with Gasteiger partial charge in [0.1, 0.15) is 6.10 Å². The van der Waals surface area contributed by atoms with Gasteiger partial charge in [0.05, 0.1) is 0 Å². The largest absolute Gasteiger partial charge is 0.461 e. The lowest BCUT2D eigenvalue weighted by Crippen LogP contribution is -2.47. The summed E-state index contributed by atoms with van der Waals surface area (Å²) in [6.07, 6.45) is 3.00. The second-order valence-corrected chi connectivity index (χ2v) is 4.50. The van der Waals surface area contributed by atoms with E-state index in [2.05, 4.69) is 11.9 Å². The van der Waals surface area contributed by atoms with Crippen LogP contribution in [0.25, 0.3) is 0 Å². The van der Waals surface area contributed by atoms with Gasteiger partial charge < -0.3 is 10.5 Å². The highest BCUT2D eigenvalue weighted by Crippen LogP contribution is 2.35. The number of fused-ring (bicyclic) bond motifs is 2. The molecule has 2 bridgehead atoms.